The Labute approximate surface area is 76.6 Å². The molecule has 0 aliphatic heterocycles. The second kappa shape index (κ2) is 4.23. The number of hydrogen-bond donors (Lipinski definition) is 2. The molecule has 1 unspecified atom stereocenters. The summed E-state index contributed by atoms with van der Waals surface area (Å²) in [5.74, 6) is 0.109. The SMILES string of the molecule is CC(O)Cc1cc(CF)ccc1O. The fourth-order valence-electron chi connectivity index (χ4n) is 1.20. The number of benzene rings is 1. The van der Waals surface area contributed by atoms with Crippen LogP contribution in [-0.4, -0.2) is 16.3 Å². The fraction of sp³-hybridized carbons (Fsp3) is 0.400. The van der Waals surface area contributed by atoms with Crippen molar-refractivity contribution in [3.8, 4) is 5.75 Å². The number of phenolic OH excluding ortho intramolecular Hbond substituents is 1. The van der Waals surface area contributed by atoms with E-state index < -0.39 is 12.8 Å². The number of aliphatic hydroxyl groups is 1. The molecule has 0 aromatic heterocycles. The van der Waals surface area contributed by atoms with E-state index in [1.807, 2.05) is 0 Å². The number of rotatable bonds is 3. The van der Waals surface area contributed by atoms with Gasteiger partial charge in [0.25, 0.3) is 0 Å². The van der Waals surface area contributed by atoms with Crippen LogP contribution in [0.5, 0.6) is 5.75 Å². The number of aromatic hydroxyl groups is 1. The van der Waals surface area contributed by atoms with Crippen LogP contribution >= 0.6 is 0 Å². The Kier molecular flexibility index (Phi) is 3.25. The molecule has 0 bridgehead atoms. The van der Waals surface area contributed by atoms with Gasteiger partial charge < -0.3 is 10.2 Å². The summed E-state index contributed by atoms with van der Waals surface area (Å²) in [6, 6.07) is 4.55. The highest BCUT2D eigenvalue weighted by molar-refractivity contribution is 5.36. The average Bonchev–Trinajstić information content (AvgIpc) is 2.08. The maximum absolute atomic E-state index is 12.2. The zero-order valence-corrected chi connectivity index (χ0v) is 7.50. The van der Waals surface area contributed by atoms with E-state index in [1.54, 1.807) is 13.0 Å². The minimum atomic E-state index is -0.549. The smallest absolute Gasteiger partial charge is 0.118 e. The highest BCUT2D eigenvalue weighted by Crippen LogP contribution is 2.20. The molecule has 0 aliphatic rings. The number of halogens is 1. The molecule has 0 heterocycles. The zero-order valence-electron chi connectivity index (χ0n) is 7.50. The van der Waals surface area contributed by atoms with Crippen molar-refractivity contribution in [2.24, 2.45) is 0 Å². The van der Waals surface area contributed by atoms with Gasteiger partial charge in [-0.3, -0.25) is 0 Å². The molecule has 1 aromatic rings. The van der Waals surface area contributed by atoms with Crippen LogP contribution in [0.1, 0.15) is 18.1 Å². The number of aliphatic hydroxyl groups excluding tert-OH is 1. The monoisotopic (exact) mass is 184 g/mol. The van der Waals surface area contributed by atoms with Crippen LogP contribution in [0.2, 0.25) is 0 Å². The van der Waals surface area contributed by atoms with Gasteiger partial charge in [0.15, 0.2) is 0 Å². The Balaban J connectivity index is 2.90. The maximum Gasteiger partial charge on any atom is 0.118 e. The maximum atomic E-state index is 12.2. The predicted octanol–water partition coefficient (Wildman–Crippen LogP) is 1.78. The third kappa shape index (κ3) is 2.70. The summed E-state index contributed by atoms with van der Waals surface area (Å²) in [7, 11) is 0. The van der Waals surface area contributed by atoms with Crippen molar-refractivity contribution in [1.29, 1.82) is 0 Å². The standard InChI is InChI=1S/C10H13FO2/c1-7(12)4-9-5-8(6-11)2-3-10(9)13/h2-3,5,7,12-13H,4,6H2,1H3. The van der Waals surface area contributed by atoms with Gasteiger partial charge in [-0.05, 0) is 30.2 Å². The van der Waals surface area contributed by atoms with Crippen molar-refractivity contribution < 1.29 is 14.6 Å². The van der Waals surface area contributed by atoms with Crippen LogP contribution in [0.4, 0.5) is 4.39 Å². The summed E-state index contributed by atoms with van der Waals surface area (Å²) in [5, 5.41) is 18.4. The fourth-order valence-corrected chi connectivity index (χ4v) is 1.20. The Hall–Kier alpha value is -1.09. The molecule has 0 radical (unpaired) electrons. The Morgan fingerprint density at radius 2 is 2.15 bits per heavy atom. The summed E-state index contributed by atoms with van der Waals surface area (Å²) >= 11 is 0. The van der Waals surface area contributed by atoms with Gasteiger partial charge in [-0.2, -0.15) is 0 Å². The van der Waals surface area contributed by atoms with E-state index in [0.717, 1.165) is 0 Å². The van der Waals surface area contributed by atoms with Crippen LogP contribution in [0.15, 0.2) is 18.2 Å². The van der Waals surface area contributed by atoms with Gasteiger partial charge in [-0.25, -0.2) is 4.39 Å². The third-order valence-corrected chi connectivity index (χ3v) is 1.81. The van der Waals surface area contributed by atoms with E-state index in [2.05, 4.69) is 0 Å². The first-order chi connectivity index (χ1) is 6.13. The number of hydrogen-bond acceptors (Lipinski definition) is 2. The van der Waals surface area contributed by atoms with E-state index >= 15 is 0 Å². The van der Waals surface area contributed by atoms with E-state index in [0.29, 0.717) is 17.5 Å². The van der Waals surface area contributed by atoms with Gasteiger partial charge in [0.05, 0.1) is 6.10 Å². The van der Waals surface area contributed by atoms with E-state index in [9.17, 15) is 9.50 Å². The largest absolute Gasteiger partial charge is 0.508 e. The van der Waals surface area contributed by atoms with Gasteiger partial charge in [0.2, 0.25) is 0 Å². The molecule has 1 aromatic carbocycles. The Bertz CT molecular complexity index is 284. The lowest BCUT2D eigenvalue weighted by molar-refractivity contribution is 0.194. The van der Waals surface area contributed by atoms with Crippen molar-refractivity contribution in [3.05, 3.63) is 29.3 Å². The first kappa shape index (κ1) is 9.99. The van der Waals surface area contributed by atoms with Crippen molar-refractivity contribution in [2.45, 2.75) is 26.1 Å². The summed E-state index contributed by atoms with van der Waals surface area (Å²) in [6.45, 7) is 1.08. The van der Waals surface area contributed by atoms with Gasteiger partial charge in [-0.1, -0.05) is 6.07 Å². The summed E-state index contributed by atoms with van der Waals surface area (Å²) in [5.41, 5.74) is 1.11. The van der Waals surface area contributed by atoms with Gasteiger partial charge in [-0.15, -0.1) is 0 Å². The summed E-state index contributed by atoms with van der Waals surface area (Å²) in [4.78, 5) is 0. The molecule has 3 heteroatoms. The average molecular weight is 184 g/mol. The first-order valence-electron chi connectivity index (χ1n) is 4.18. The molecule has 0 saturated carbocycles. The molecule has 0 aliphatic carbocycles. The number of alkyl halides is 1. The minimum absolute atomic E-state index is 0.109. The van der Waals surface area contributed by atoms with E-state index in [1.165, 1.54) is 12.1 Å². The minimum Gasteiger partial charge on any atom is -0.508 e. The highest BCUT2D eigenvalue weighted by atomic mass is 19.1. The van der Waals surface area contributed by atoms with Crippen LogP contribution in [0, 0.1) is 0 Å². The lowest BCUT2D eigenvalue weighted by atomic mass is 10.0. The van der Waals surface area contributed by atoms with Crippen LogP contribution in [0.3, 0.4) is 0 Å². The molecule has 13 heavy (non-hydrogen) atoms. The molecular formula is C10H13FO2. The molecule has 0 spiro atoms. The molecule has 0 fully saturated rings. The molecule has 72 valence electrons. The van der Waals surface area contributed by atoms with Crippen molar-refractivity contribution in [2.75, 3.05) is 0 Å². The van der Waals surface area contributed by atoms with Crippen LogP contribution < -0.4 is 0 Å². The van der Waals surface area contributed by atoms with Crippen molar-refractivity contribution in [1.82, 2.24) is 0 Å². The summed E-state index contributed by atoms with van der Waals surface area (Å²) in [6.07, 6.45) is -0.180. The molecule has 2 N–H and O–H groups in total. The summed E-state index contributed by atoms with van der Waals surface area (Å²) < 4.78 is 12.2. The highest BCUT2D eigenvalue weighted by Gasteiger charge is 2.05. The van der Waals surface area contributed by atoms with Gasteiger partial charge >= 0.3 is 0 Å². The van der Waals surface area contributed by atoms with E-state index in [4.69, 9.17) is 5.11 Å². The van der Waals surface area contributed by atoms with Crippen LogP contribution in [0.25, 0.3) is 0 Å². The normalized spacial score (nSPS) is 12.8. The van der Waals surface area contributed by atoms with Gasteiger partial charge in [0.1, 0.15) is 12.4 Å². The van der Waals surface area contributed by atoms with E-state index in [-0.39, 0.29) is 5.75 Å². The van der Waals surface area contributed by atoms with Gasteiger partial charge in [0, 0.05) is 6.42 Å². The third-order valence-electron chi connectivity index (χ3n) is 1.81. The Morgan fingerprint density at radius 1 is 1.46 bits per heavy atom. The first-order valence-corrected chi connectivity index (χ1v) is 4.18. The lowest BCUT2D eigenvalue weighted by Gasteiger charge is -2.07. The zero-order chi connectivity index (χ0) is 9.84. The predicted molar refractivity (Wildman–Crippen MR) is 48.3 cm³/mol. The molecule has 0 amide bonds. The molecular weight excluding hydrogens is 171 g/mol. The molecule has 1 atom stereocenters. The topological polar surface area (TPSA) is 40.5 Å². The van der Waals surface area contributed by atoms with Crippen molar-refractivity contribution in [3.63, 3.8) is 0 Å². The Morgan fingerprint density at radius 3 is 2.69 bits per heavy atom. The lowest BCUT2D eigenvalue weighted by Crippen LogP contribution is -2.04. The van der Waals surface area contributed by atoms with Crippen molar-refractivity contribution >= 4 is 0 Å². The molecule has 1 rings (SSSR count). The molecule has 0 saturated heterocycles. The second-order valence-corrected chi connectivity index (χ2v) is 3.15. The number of phenols is 1. The molecule has 2 nitrogen and oxygen atoms in total. The quantitative estimate of drug-likeness (QED) is 0.751. The van der Waals surface area contributed by atoms with Crippen LogP contribution in [-0.2, 0) is 13.1 Å². The second-order valence-electron chi connectivity index (χ2n) is 3.15.